The summed E-state index contributed by atoms with van der Waals surface area (Å²) < 4.78 is 5.30. The van der Waals surface area contributed by atoms with Crippen molar-refractivity contribution < 1.29 is 4.74 Å². The van der Waals surface area contributed by atoms with Crippen LogP contribution in [0.5, 0.6) is 0 Å². The highest BCUT2D eigenvalue weighted by Gasteiger charge is 2.35. The van der Waals surface area contributed by atoms with Gasteiger partial charge in [0.2, 0.25) is 0 Å². The average Bonchev–Trinajstić information content (AvgIpc) is 2.23. The first-order valence-corrected chi connectivity index (χ1v) is 4.80. The Labute approximate surface area is 81.5 Å². The van der Waals surface area contributed by atoms with E-state index in [2.05, 4.69) is 34.6 Å². The van der Waals surface area contributed by atoms with Gasteiger partial charge in [-0.15, -0.1) is 0 Å². The maximum Gasteiger partial charge on any atom is 0.0590 e. The third-order valence-corrected chi connectivity index (χ3v) is 3.78. The summed E-state index contributed by atoms with van der Waals surface area (Å²) >= 11 is 0. The van der Waals surface area contributed by atoms with Crippen LogP contribution < -0.4 is 0 Å². The minimum absolute atomic E-state index is 0.142. The Morgan fingerprint density at radius 3 is 1.69 bits per heavy atom. The van der Waals surface area contributed by atoms with Crippen LogP contribution in [0.15, 0.2) is 22.3 Å². The zero-order valence-electron chi connectivity index (χ0n) is 9.62. The fourth-order valence-electron chi connectivity index (χ4n) is 2.18. The zero-order chi connectivity index (χ0) is 10.2. The molecule has 0 heterocycles. The van der Waals surface area contributed by atoms with Gasteiger partial charge in [0.1, 0.15) is 0 Å². The molecule has 0 aromatic rings. The molecule has 1 rings (SSSR count). The minimum Gasteiger partial charge on any atom is -0.383 e. The second-order valence-corrected chi connectivity index (χ2v) is 4.27. The van der Waals surface area contributed by atoms with Gasteiger partial charge in [0.15, 0.2) is 0 Å². The van der Waals surface area contributed by atoms with Crippen LogP contribution in [0.25, 0.3) is 0 Å². The average molecular weight is 180 g/mol. The molecule has 1 aliphatic rings. The molecule has 0 aromatic heterocycles. The van der Waals surface area contributed by atoms with Gasteiger partial charge in [-0.25, -0.2) is 0 Å². The van der Waals surface area contributed by atoms with E-state index in [4.69, 9.17) is 4.74 Å². The summed E-state index contributed by atoms with van der Waals surface area (Å²) in [6, 6.07) is 0. The van der Waals surface area contributed by atoms with Crippen molar-refractivity contribution in [1.82, 2.24) is 0 Å². The Morgan fingerprint density at radius 1 is 1.00 bits per heavy atom. The van der Waals surface area contributed by atoms with Crippen molar-refractivity contribution in [3.63, 3.8) is 0 Å². The van der Waals surface area contributed by atoms with E-state index < -0.39 is 0 Å². The molecule has 1 aliphatic carbocycles. The van der Waals surface area contributed by atoms with Gasteiger partial charge in [0.25, 0.3) is 0 Å². The van der Waals surface area contributed by atoms with Gasteiger partial charge >= 0.3 is 0 Å². The Balaban J connectivity index is 3.14. The molecule has 0 atom stereocenters. The molecule has 0 saturated carbocycles. The summed E-state index contributed by atoms with van der Waals surface area (Å²) in [4.78, 5) is 0. The molecule has 0 unspecified atom stereocenters. The van der Waals surface area contributed by atoms with Crippen LogP contribution in [-0.2, 0) is 4.74 Å². The molecule has 0 bridgehead atoms. The van der Waals surface area contributed by atoms with Crippen molar-refractivity contribution >= 4 is 0 Å². The van der Waals surface area contributed by atoms with Crippen LogP contribution >= 0.6 is 0 Å². The van der Waals surface area contributed by atoms with Gasteiger partial charge in [0.05, 0.1) is 6.61 Å². The number of allylic oxidation sites excluding steroid dienone is 2. The molecule has 0 radical (unpaired) electrons. The minimum atomic E-state index is 0.142. The molecule has 13 heavy (non-hydrogen) atoms. The number of methoxy groups -OCH3 is 1. The molecular formula is C12H20O. The molecular weight excluding hydrogens is 160 g/mol. The summed E-state index contributed by atoms with van der Waals surface area (Å²) in [5.74, 6) is 0. The van der Waals surface area contributed by atoms with Crippen molar-refractivity contribution in [2.75, 3.05) is 13.7 Å². The van der Waals surface area contributed by atoms with Gasteiger partial charge in [0, 0.05) is 12.5 Å². The predicted octanol–water partition coefficient (Wildman–Crippen LogP) is 3.33. The van der Waals surface area contributed by atoms with Crippen molar-refractivity contribution in [1.29, 1.82) is 0 Å². The third kappa shape index (κ3) is 1.35. The fraction of sp³-hybridized carbons (Fsp3) is 0.667. The molecule has 0 aliphatic heterocycles. The van der Waals surface area contributed by atoms with Crippen molar-refractivity contribution in [3.05, 3.63) is 22.3 Å². The molecule has 0 fully saturated rings. The first-order chi connectivity index (χ1) is 5.95. The van der Waals surface area contributed by atoms with Gasteiger partial charge in [-0.1, -0.05) is 11.1 Å². The fourth-order valence-corrected chi connectivity index (χ4v) is 2.18. The van der Waals surface area contributed by atoms with Crippen LogP contribution in [0.3, 0.4) is 0 Å². The molecule has 1 heteroatoms. The second-order valence-electron chi connectivity index (χ2n) is 4.27. The topological polar surface area (TPSA) is 9.23 Å². The summed E-state index contributed by atoms with van der Waals surface area (Å²) in [5, 5.41) is 0. The predicted molar refractivity (Wildman–Crippen MR) is 56.7 cm³/mol. The maximum absolute atomic E-state index is 5.30. The van der Waals surface area contributed by atoms with Gasteiger partial charge in [-0.05, 0) is 45.8 Å². The second kappa shape index (κ2) is 3.30. The van der Waals surface area contributed by atoms with E-state index in [1.165, 1.54) is 22.3 Å². The van der Waals surface area contributed by atoms with Crippen molar-refractivity contribution in [3.8, 4) is 0 Å². The molecule has 0 N–H and O–H groups in total. The Morgan fingerprint density at radius 2 is 1.38 bits per heavy atom. The molecule has 0 aromatic carbocycles. The van der Waals surface area contributed by atoms with E-state index in [1.54, 1.807) is 7.11 Å². The van der Waals surface area contributed by atoms with Crippen molar-refractivity contribution in [2.24, 2.45) is 5.41 Å². The largest absolute Gasteiger partial charge is 0.383 e. The summed E-state index contributed by atoms with van der Waals surface area (Å²) in [7, 11) is 1.77. The smallest absolute Gasteiger partial charge is 0.0590 e. The number of hydrogen-bond donors (Lipinski definition) is 0. The van der Waals surface area contributed by atoms with Gasteiger partial charge < -0.3 is 4.74 Å². The van der Waals surface area contributed by atoms with Crippen LogP contribution in [-0.4, -0.2) is 13.7 Å². The quantitative estimate of drug-likeness (QED) is 0.633. The lowest BCUT2D eigenvalue weighted by atomic mass is 9.80. The zero-order valence-corrected chi connectivity index (χ0v) is 9.62. The summed E-state index contributed by atoms with van der Waals surface area (Å²) in [6.07, 6.45) is 0. The Bertz CT molecular complexity index is 257. The molecule has 0 saturated heterocycles. The lowest BCUT2D eigenvalue weighted by Gasteiger charge is -2.28. The Hall–Kier alpha value is -0.560. The number of ether oxygens (including phenoxy) is 1. The standard InChI is InChI=1S/C12H20O/c1-8-9(2)11(4)12(5,7-13-6)10(8)3/h7H2,1-6H3. The number of rotatable bonds is 2. The Kier molecular flexibility index (Phi) is 2.67. The van der Waals surface area contributed by atoms with Crippen LogP contribution in [0.1, 0.15) is 34.6 Å². The van der Waals surface area contributed by atoms with E-state index in [0.717, 1.165) is 6.61 Å². The summed E-state index contributed by atoms with van der Waals surface area (Å²) in [6.45, 7) is 11.9. The van der Waals surface area contributed by atoms with Gasteiger partial charge in [-0.3, -0.25) is 0 Å². The maximum atomic E-state index is 5.30. The van der Waals surface area contributed by atoms with Crippen molar-refractivity contribution in [2.45, 2.75) is 34.6 Å². The van der Waals surface area contributed by atoms with E-state index in [9.17, 15) is 0 Å². The van der Waals surface area contributed by atoms with E-state index in [1.807, 2.05) is 0 Å². The van der Waals surface area contributed by atoms with Crippen LogP contribution in [0, 0.1) is 5.41 Å². The first-order valence-electron chi connectivity index (χ1n) is 4.80. The van der Waals surface area contributed by atoms with E-state index in [-0.39, 0.29) is 5.41 Å². The number of hydrogen-bond acceptors (Lipinski definition) is 1. The molecule has 0 spiro atoms. The highest BCUT2D eigenvalue weighted by atomic mass is 16.5. The highest BCUT2D eigenvalue weighted by molar-refractivity contribution is 5.49. The molecule has 0 amide bonds. The van der Waals surface area contributed by atoms with Gasteiger partial charge in [-0.2, -0.15) is 0 Å². The lowest BCUT2D eigenvalue weighted by molar-refractivity contribution is 0.136. The first kappa shape index (κ1) is 10.5. The monoisotopic (exact) mass is 180 g/mol. The van der Waals surface area contributed by atoms with E-state index in [0.29, 0.717) is 0 Å². The van der Waals surface area contributed by atoms with Crippen LogP contribution in [0.4, 0.5) is 0 Å². The normalized spacial score (nSPS) is 21.7. The summed E-state index contributed by atoms with van der Waals surface area (Å²) in [5.41, 5.74) is 5.95. The van der Waals surface area contributed by atoms with E-state index >= 15 is 0 Å². The third-order valence-electron chi connectivity index (χ3n) is 3.78. The molecule has 1 nitrogen and oxygen atoms in total. The molecule has 74 valence electrons. The SMILES string of the molecule is COCC1(C)C(C)=C(C)C(C)=C1C. The van der Waals surface area contributed by atoms with Crippen LogP contribution in [0.2, 0.25) is 0 Å². The lowest BCUT2D eigenvalue weighted by Crippen LogP contribution is -2.23. The highest BCUT2D eigenvalue weighted by Crippen LogP contribution is 2.46.